The minimum atomic E-state index is -0.245. The number of carbonyl (C=O) groups excluding carboxylic acids is 1. The van der Waals surface area contributed by atoms with Gasteiger partial charge in [0.1, 0.15) is 5.76 Å². The Morgan fingerprint density at radius 2 is 2.15 bits per heavy atom. The van der Waals surface area contributed by atoms with Gasteiger partial charge in [0.05, 0.1) is 12.2 Å². The standard InChI is InChI=1S/C12H15N5O3/c1-8-5-10(17-20-8)16-12-14-6-9(7-15-12)11(18)13-3-4-19-2/h5-7H,3-4H2,1-2H3,(H,13,18)(H,14,15,16,17). The lowest BCUT2D eigenvalue weighted by Gasteiger charge is -2.04. The van der Waals surface area contributed by atoms with Gasteiger partial charge in [-0.25, -0.2) is 9.97 Å². The first-order valence-electron chi connectivity index (χ1n) is 5.98. The molecule has 2 heterocycles. The summed E-state index contributed by atoms with van der Waals surface area (Å²) in [5, 5.41) is 9.30. The Balaban J connectivity index is 1.94. The van der Waals surface area contributed by atoms with Crippen molar-refractivity contribution in [3.05, 3.63) is 29.8 Å². The zero-order valence-corrected chi connectivity index (χ0v) is 11.2. The number of carbonyl (C=O) groups is 1. The molecule has 2 aromatic rings. The van der Waals surface area contributed by atoms with Gasteiger partial charge in [0.15, 0.2) is 5.82 Å². The Morgan fingerprint density at radius 3 is 2.75 bits per heavy atom. The van der Waals surface area contributed by atoms with Crippen molar-refractivity contribution < 1.29 is 14.1 Å². The van der Waals surface area contributed by atoms with Crippen LogP contribution in [0.5, 0.6) is 0 Å². The number of aromatic nitrogens is 3. The summed E-state index contributed by atoms with van der Waals surface area (Å²) in [6.45, 7) is 2.68. The van der Waals surface area contributed by atoms with Gasteiger partial charge in [0, 0.05) is 32.1 Å². The van der Waals surface area contributed by atoms with Gasteiger partial charge < -0.3 is 19.9 Å². The molecule has 0 radical (unpaired) electrons. The van der Waals surface area contributed by atoms with Crippen molar-refractivity contribution in [2.24, 2.45) is 0 Å². The predicted octanol–water partition coefficient (Wildman–Crippen LogP) is 0.893. The van der Waals surface area contributed by atoms with Gasteiger partial charge in [-0.05, 0) is 6.92 Å². The van der Waals surface area contributed by atoms with Crippen molar-refractivity contribution in [1.82, 2.24) is 20.4 Å². The van der Waals surface area contributed by atoms with Gasteiger partial charge in [-0.15, -0.1) is 0 Å². The van der Waals surface area contributed by atoms with E-state index in [1.165, 1.54) is 12.4 Å². The fourth-order valence-electron chi connectivity index (χ4n) is 1.42. The molecule has 0 spiro atoms. The Kier molecular flexibility index (Phi) is 4.61. The van der Waals surface area contributed by atoms with E-state index in [0.29, 0.717) is 36.2 Å². The molecule has 0 aliphatic carbocycles. The third kappa shape index (κ3) is 3.75. The normalized spacial score (nSPS) is 10.3. The third-order valence-corrected chi connectivity index (χ3v) is 2.37. The topological polar surface area (TPSA) is 102 Å². The maximum atomic E-state index is 11.7. The molecular formula is C12H15N5O3. The first-order valence-corrected chi connectivity index (χ1v) is 5.98. The van der Waals surface area contributed by atoms with Crippen molar-refractivity contribution in [3.63, 3.8) is 0 Å². The first-order chi connectivity index (χ1) is 9.69. The van der Waals surface area contributed by atoms with Crippen LogP contribution >= 0.6 is 0 Å². The molecule has 20 heavy (non-hydrogen) atoms. The van der Waals surface area contributed by atoms with Gasteiger partial charge in [0.25, 0.3) is 5.91 Å². The Labute approximate surface area is 115 Å². The highest BCUT2D eigenvalue weighted by atomic mass is 16.5. The molecule has 2 rings (SSSR count). The highest BCUT2D eigenvalue weighted by Gasteiger charge is 2.07. The molecule has 0 saturated heterocycles. The number of methoxy groups -OCH3 is 1. The second-order valence-electron chi connectivity index (χ2n) is 3.99. The van der Waals surface area contributed by atoms with Gasteiger partial charge in [0.2, 0.25) is 5.95 Å². The molecule has 2 aromatic heterocycles. The molecule has 0 atom stereocenters. The Bertz CT molecular complexity index is 567. The van der Waals surface area contributed by atoms with Crippen molar-refractivity contribution >= 4 is 17.7 Å². The number of rotatable bonds is 6. The van der Waals surface area contributed by atoms with E-state index >= 15 is 0 Å². The van der Waals surface area contributed by atoms with E-state index in [1.54, 1.807) is 20.1 Å². The van der Waals surface area contributed by atoms with Crippen LogP contribution < -0.4 is 10.6 Å². The van der Waals surface area contributed by atoms with Gasteiger partial charge in [-0.3, -0.25) is 4.79 Å². The predicted molar refractivity (Wildman–Crippen MR) is 70.8 cm³/mol. The average Bonchev–Trinajstić information content (AvgIpc) is 2.85. The summed E-state index contributed by atoms with van der Waals surface area (Å²) < 4.78 is 9.75. The van der Waals surface area contributed by atoms with E-state index in [1.807, 2.05) is 0 Å². The minimum absolute atomic E-state index is 0.245. The maximum absolute atomic E-state index is 11.7. The van der Waals surface area contributed by atoms with Gasteiger partial charge in [-0.1, -0.05) is 5.16 Å². The lowest BCUT2D eigenvalue weighted by molar-refractivity contribution is 0.0936. The zero-order chi connectivity index (χ0) is 14.4. The van der Waals surface area contributed by atoms with Crippen molar-refractivity contribution in [1.29, 1.82) is 0 Å². The van der Waals surface area contributed by atoms with E-state index < -0.39 is 0 Å². The Morgan fingerprint density at radius 1 is 1.40 bits per heavy atom. The number of amides is 1. The average molecular weight is 277 g/mol. The van der Waals surface area contributed by atoms with E-state index in [2.05, 4.69) is 25.8 Å². The van der Waals surface area contributed by atoms with Crippen molar-refractivity contribution in [2.75, 3.05) is 25.6 Å². The maximum Gasteiger partial charge on any atom is 0.254 e. The van der Waals surface area contributed by atoms with Crippen LogP contribution in [0.3, 0.4) is 0 Å². The second kappa shape index (κ2) is 6.62. The van der Waals surface area contributed by atoms with Crippen LogP contribution in [0.4, 0.5) is 11.8 Å². The second-order valence-corrected chi connectivity index (χ2v) is 3.99. The summed E-state index contributed by atoms with van der Waals surface area (Å²) in [5.74, 6) is 1.29. The van der Waals surface area contributed by atoms with E-state index in [0.717, 1.165) is 0 Å². The number of hydrogen-bond acceptors (Lipinski definition) is 7. The van der Waals surface area contributed by atoms with Gasteiger partial charge >= 0.3 is 0 Å². The minimum Gasteiger partial charge on any atom is -0.383 e. The molecule has 106 valence electrons. The molecule has 0 aliphatic rings. The molecule has 0 fully saturated rings. The molecule has 0 unspecified atom stereocenters. The van der Waals surface area contributed by atoms with Crippen LogP contribution in [0.15, 0.2) is 23.0 Å². The number of hydrogen-bond donors (Lipinski definition) is 2. The van der Waals surface area contributed by atoms with E-state index in [4.69, 9.17) is 9.26 Å². The molecule has 8 heteroatoms. The molecule has 0 saturated carbocycles. The Hall–Kier alpha value is -2.48. The summed E-state index contributed by atoms with van der Waals surface area (Å²) in [6, 6.07) is 1.72. The molecule has 2 N–H and O–H groups in total. The number of aryl methyl sites for hydroxylation is 1. The van der Waals surface area contributed by atoms with Crippen LogP contribution in [-0.4, -0.2) is 41.3 Å². The lowest BCUT2D eigenvalue weighted by Crippen LogP contribution is -2.27. The molecule has 0 aromatic carbocycles. The SMILES string of the molecule is COCCNC(=O)c1cnc(Nc2cc(C)on2)nc1. The molecule has 8 nitrogen and oxygen atoms in total. The molecule has 0 aliphatic heterocycles. The fraction of sp³-hybridized carbons (Fsp3) is 0.333. The first kappa shape index (κ1) is 13.9. The molecule has 1 amide bonds. The third-order valence-electron chi connectivity index (χ3n) is 2.37. The van der Waals surface area contributed by atoms with Crippen molar-refractivity contribution in [2.45, 2.75) is 6.92 Å². The highest BCUT2D eigenvalue weighted by molar-refractivity contribution is 5.93. The molecule has 0 bridgehead atoms. The zero-order valence-electron chi connectivity index (χ0n) is 11.2. The van der Waals surface area contributed by atoms with Crippen LogP contribution in [0.25, 0.3) is 0 Å². The number of nitrogens with one attached hydrogen (secondary N) is 2. The van der Waals surface area contributed by atoms with Crippen LogP contribution in [0.1, 0.15) is 16.1 Å². The number of anilines is 2. The monoisotopic (exact) mass is 277 g/mol. The van der Waals surface area contributed by atoms with Crippen LogP contribution in [0.2, 0.25) is 0 Å². The summed E-state index contributed by atoms with van der Waals surface area (Å²) in [7, 11) is 1.57. The summed E-state index contributed by atoms with van der Waals surface area (Å²) >= 11 is 0. The summed E-state index contributed by atoms with van der Waals surface area (Å²) in [4.78, 5) is 19.8. The van der Waals surface area contributed by atoms with E-state index in [9.17, 15) is 4.79 Å². The lowest BCUT2D eigenvalue weighted by atomic mass is 10.3. The quantitative estimate of drug-likeness (QED) is 0.756. The summed E-state index contributed by atoms with van der Waals surface area (Å²) in [5.41, 5.74) is 0.378. The summed E-state index contributed by atoms with van der Waals surface area (Å²) in [6.07, 6.45) is 2.87. The largest absolute Gasteiger partial charge is 0.383 e. The van der Waals surface area contributed by atoms with Crippen molar-refractivity contribution in [3.8, 4) is 0 Å². The highest BCUT2D eigenvalue weighted by Crippen LogP contribution is 2.11. The van der Waals surface area contributed by atoms with Crippen LogP contribution in [-0.2, 0) is 4.74 Å². The fourth-order valence-corrected chi connectivity index (χ4v) is 1.42. The number of nitrogens with zero attached hydrogens (tertiary/aromatic N) is 3. The van der Waals surface area contributed by atoms with Crippen LogP contribution in [0, 0.1) is 6.92 Å². The van der Waals surface area contributed by atoms with E-state index in [-0.39, 0.29) is 5.91 Å². The molecular weight excluding hydrogens is 262 g/mol. The smallest absolute Gasteiger partial charge is 0.254 e. The van der Waals surface area contributed by atoms with Gasteiger partial charge in [-0.2, -0.15) is 0 Å². The number of ether oxygens (including phenoxy) is 1.